The summed E-state index contributed by atoms with van der Waals surface area (Å²) in [5.41, 5.74) is 6.55. The second kappa shape index (κ2) is 3.50. The van der Waals surface area contributed by atoms with Crippen LogP contribution >= 0.6 is 0 Å². The van der Waals surface area contributed by atoms with Gasteiger partial charge in [-0.2, -0.15) is 0 Å². The van der Waals surface area contributed by atoms with E-state index in [0.717, 1.165) is 0 Å². The van der Waals surface area contributed by atoms with Crippen LogP contribution in [0.1, 0.15) is 6.92 Å². The lowest BCUT2D eigenvalue weighted by molar-refractivity contribution is 0.501. The highest BCUT2D eigenvalue weighted by Crippen LogP contribution is 1.92. The quantitative estimate of drug-likeness (QED) is 0.563. The standard InChI is InChI=1S/C6H14N2/c1-4-6(5-7)8(2)3/h4H,5,7H2,1-3H3. The smallest absolute Gasteiger partial charge is 0.0327 e. The summed E-state index contributed by atoms with van der Waals surface area (Å²) in [4.78, 5) is 2.01. The summed E-state index contributed by atoms with van der Waals surface area (Å²) >= 11 is 0. The largest absolute Gasteiger partial charge is 0.380 e. The number of hydrogen-bond acceptors (Lipinski definition) is 2. The molecule has 0 heterocycles. The summed E-state index contributed by atoms with van der Waals surface area (Å²) in [5, 5.41) is 0. The van der Waals surface area contributed by atoms with Gasteiger partial charge in [-0.1, -0.05) is 6.08 Å². The first-order valence-electron chi connectivity index (χ1n) is 2.75. The van der Waals surface area contributed by atoms with Gasteiger partial charge in [-0.15, -0.1) is 0 Å². The Morgan fingerprint density at radius 3 is 2.12 bits per heavy atom. The predicted molar refractivity (Wildman–Crippen MR) is 36.5 cm³/mol. The molecule has 0 aromatic carbocycles. The van der Waals surface area contributed by atoms with Crippen molar-refractivity contribution in [1.82, 2.24) is 4.90 Å². The van der Waals surface area contributed by atoms with Crippen molar-refractivity contribution in [3.8, 4) is 0 Å². The van der Waals surface area contributed by atoms with Gasteiger partial charge in [-0.25, -0.2) is 0 Å². The fourth-order valence-electron chi connectivity index (χ4n) is 0.559. The Labute approximate surface area is 51.0 Å². The zero-order valence-corrected chi connectivity index (χ0v) is 5.81. The maximum absolute atomic E-state index is 5.37. The molecule has 2 N–H and O–H groups in total. The first kappa shape index (κ1) is 7.50. The van der Waals surface area contributed by atoms with Crippen molar-refractivity contribution in [2.45, 2.75) is 6.92 Å². The molecule has 0 amide bonds. The van der Waals surface area contributed by atoms with Crippen molar-refractivity contribution in [1.29, 1.82) is 0 Å². The van der Waals surface area contributed by atoms with Crippen LogP contribution in [0.4, 0.5) is 0 Å². The normalized spacial score (nSPS) is 11.8. The number of rotatable bonds is 2. The third-order valence-corrected chi connectivity index (χ3v) is 1.12. The van der Waals surface area contributed by atoms with Crippen molar-refractivity contribution in [2.24, 2.45) is 5.73 Å². The van der Waals surface area contributed by atoms with E-state index in [9.17, 15) is 0 Å². The van der Waals surface area contributed by atoms with Crippen LogP contribution in [0, 0.1) is 0 Å². The molecule has 0 spiro atoms. The van der Waals surface area contributed by atoms with Crippen LogP contribution in [-0.2, 0) is 0 Å². The van der Waals surface area contributed by atoms with E-state index in [1.54, 1.807) is 0 Å². The Morgan fingerprint density at radius 2 is 2.12 bits per heavy atom. The second-order valence-corrected chi connectivity index (χ2v) is 1.88. The lowest BCUT2D eigenvalue weighted by Crippen LogP contribution is -2.18. The van der Waals surface area contributed by atoms with Crippen molar-refractivity contribution in [3.63, 3.8) is 0 Å². The Kier molecular flexibility index (Phi) is 3.28. The molecule has 0 aliphatic carbocycles. The Bertz CT molecular complexity index is 84.5. The molecule has 0 bridgehead atoms. The third-order valence-electron chi connectivity index (χ3n) is 1.12. The topological polar surface area (TPSA) is 29.3 Å². The maximum atomic E-state index is 5.37. The van der Waals surface area contributed by atoms with Gasteiger partial charge in [0.15, 0.2) is 0 Å². The van der Waals surface area contributed by atoms with Gasteiger partial charge >= 0.3 is 0 Å². The summed E-state index contributed by atoms with van der Waals surface area (Å²) in [6, 6.07) is 0. The van der Waals surface area contributed by atoms with E-state index in [4.69, 9.17) is 5.73 Å². The molecule has 0 atom stereocenters. The van der Waals surface area contributed by atoms with Crippen molar-refractivity contribution >= 4 is 0 Å². The highest BCUT2D eigenvalue weighted by molar-refractivity contribution is 4.98. The van der Waals surface area contributed by atoms with E-state index < -0.39 is 0 Å². The van der Waals surface area contributed by atoms with Gasteiger partial charge in [0.05, 0.1) is 0 Å². The lowest BCUT2D eigenvalue weighted by Gasteiger charge is -2.13. The first-order chi connectivity index (χ1) is 3.72. The third kappa shape index (κ3) is 1.98. The van der Waals surface area contributed by atoms with E-state index in [1.807, 2.05) is 32.0 Å². The van der Waals surface area contributed by atoms with E-state index >= 15 is 0 Å². The monoisotopic (exact) mass is 114 g/mol. The molecule has 0 aromatic rings. The van der Waals surface area contributed by atoms with Crippen LogP contribution in [0.25, 0.3) is 0 Å². The fourth-order valence-corrected chi connectivity index (χ4v) is 0.559. The molecule has 0 saturated heterocycles. The molecule has 0 aromatic heterocycles. The van der Waals surface area contributed by atoms with E-state index in [-0.39, 0.29) is 0 Å². The Hall–Kier alpha value is -0.500. The fraction of sp³-hybridized carbons (Fsp3) is 0.667. The molecule has 0 saturated carbocycles. The number of nitrogens with zero attached hydrogens (tertiary/aromatic N) is 1. The maximum Gasteiger partial charge on any atom is 0.0327 e. The van der Waals surface area contributed by atoms with Crippen LogP contribution in [0.5, 0.6) is 0 Å². The molecule has 0 radical (unpaired) electrons. The van der Waals surface area contributed by atoms with Gasteiger partial charge in [0.25, 0.3) is 0 Å². The zero-order valence-electron chi connectivity index (χ0n) is 5.81. The van der Waals surface area contributed by atoms with Crippen LogP contribution < -0.4 is 5.73 Å². The second-order valence-electron chi connectivity index (χ2n) is 1.88. The highest BCUT2D eigenvalue weighted by atomic mass is 15.1. The summed E-state index contributed by atoms with van der Waals surface area (Å²) < 4.78 is 0. The number of allylic oxidation sites excluding steroid dienone is 1. The number of likely N-dealkylation sites (N-methyl/N-ethyl adjacent to an activating group) is 1. The SMILES string of the molecule is CC=C(CN)N(C)C. The molecule has 0 aliphatic heterocycles. The van der Waals surface area contributed by atoms with Crippen molar-refractivity contribution in [2.75, 3.05) is 20.6 Å². The van der Waals surface area contributed by atoms with Gasteiger partial charge in [0.2, 0.25) is 0 Å². The van der Waals surface area contributed by atoms with E-state index in [1.165, 1.54) is 5.70 Å². The molecule has 0 rings (SSSR count). The minimum absolute atomic E-state index is 0.628. The highest BCUT2D eigenvalue weighted by Gasteiger charge is 1.90. The Morgan fingerprint density at radius 1 is 1.62 bits per heavy atom. The van der Waals surface area contributed by atoms with Crippen LogP contribution in [0.2, 0.25) is 0 Å². The van der Waals surface area contributed by atoms with E-state index in [0.29, 0.717) is 6.54 Å². The first-order valence-corrected chi connectivity index (χ1v) is 2.75. The van der Waals surface area contributed by atoms with Crippen molar-refractivity contribution < 1.29 is 0 Å². The van der Waals surface area contributed by atoms with Gasteiger partial charge in [-0.05, 0) is 6.92 Å². The minimum atomic E-state index is 0.628. The summed E-state index contributed by atoms with van der Waals surface area (Å²) in [5.74, 6) is 0. The lowest BCUT2D eigenvalue weighted by atomic mass is 10.4. The molecule has 0 aliphatic rings. The summed E-state index contributed by atoms with van der Waals surface area (Å²) in [6.07, 6.45) is 2.01. The van der Waals surface area contributed by atoms with Crippen LogP contribution in [-0.4, -0.2) is 25.5 Å². The zero-order chi connectivity index (χ0) is 6.57. The van der Waals surface area contributed by atoms with Crippen LogP contribution in [0.3, 0.4) is 0 Å². The minimum Gasteiger partial charge on any atom is -0.380 e. The summed E-state index contributed by atoms with van der Waals surface area (Å²) in [7, 11) is 3.98. The molecular formula is C6H14N2. The average molecular weight is 114 g/mol. The predicted octanol–water partition coefficient (Wildman–Crippen LogP) is 0.410. The summed E-state index contributed by atoms with van der Waals surface area (Å²) in [6.45, 7) is 2.62. The molecule has 8 heavy (non-hydrogen) atoms. The molecular weight excluding hydrogens is 100 g/mol. The van der Waals surface area contributed by atoms with Gasteiger partial charge in [0.1, 0.15) is 0 Å². The van der Waals surface area contributed by atoms with Gasteiger partial charge in [-0.3, -0.25) is 0 Å². The number of hydrogen-bond donors (Lipinski definition) is 1. The van der Waals surface area contributed by atoms with Crippen LogP contribution in [0.15, 0.2) is 11.8 Å². The molecule has 0 fully saturated rings. The van der Waals surface area contributed by atoms with Gasteiger partial charge < -0.3 is 10.6 Å². The molecule has 2 heteroatoms. The molecule has 48 valence electrons. The average Bonchev–Trinajstić information content (AvgIpc) is 1.69. The Balaban J connectivity index is 3.72. The molecule has 0 unspecified atom stereocenters. The number of nitrogens with two attached hydrogens (primary N) is 1. The van der Waals surface area contributed by atoms with Crippen molar-refractivity contribution in [3.05, 3.63) is 11.8 Å². The van der Waals surface area contributed by atoms with E-state index in [2.05, 4.69) is 0 Å². The van der Waals surface area contributed by atoms with Gasteiger partial charge in [0, 0.05) is 26.3 Å². The molecule has 2 nitrogen and oxygen atoms in total.